The van der Waals surface area contributed by atoms with Gasteiger partial charge in [0, 0.05) is 0 Å². The average molecular weight is 581 g/mol. The summed E-state index contributed by atoms with van der Waals surface area (Å²) in [7, 11) is -16.9. The van der Waals surface area contributed by atoms with Crippen molar-refractivity contribution in [3.63, 3.8) is 0 Å². The third-order valence-electron chi connectivity index (χ3n) is 4.49. The van der Waals surface area contributed by atoms with Crippen LogP contribution in [0, 0.1) is 0 Å². The van der Waals surface area contributed by atoms with Crippen molar-refractivity contribution < 1.29 is 66.1 Å². The molecule has 2 aromatic heterocycles. The Labute approximate surface area is 200 Å². The van der Waals surface area contributed by atoms with E-state index in [9.17, 15) is 38.5 Å². The first-order chi connectivity index (χ1) is 16.5. The SMILES string of the molecule is CCCO[C@@]1(n2cnc3c(=O)[nH]c(N)nc32)O[C@H](COP(=O)(O)OP(=O)(O)OP(=O)(O)O)[C@@H](O)[C@H]1O. The minimum Gasteiger partial charge on any atom is -0.387 e. The second kappa shape index (κ2) is 10.3. The number of nitrogens with two attached hydrogens (primary N) is 1. The monoisotopic (exact) mass is 581 g/mol. The molecular formula is C13H22N5O15P3. The number of nitrogen functional groups attached to an aromatic ring is 1. The van der Waals surface area contributed by atoms with Gasteiger partial charge in [-0.25, -0.2) is 18.7 Å². The third-order valence-corrected chi connectivity index (χ3v) is 8.29. The van der Waals surface area contributed by atoms with Crippen LogP contribution in [0.4, 0.5) is 5.95 Å². The Hall–Kier alpha value is -1.60. The van der Waals surface area contributed by atoms with Crippen LogP contribution in [0.25, 0.3) is 11.2 Å². The highest BCUT2D eigenvalue weighted by atomic mass is 31.3. The first kappa shape index (κ1) is 29.0. The van der Waals surface area contributed by atoms with Gasteiger partial charge in [0.2, 0.25) is 5.95 Å². The summed E-state index contributed by atoms with van der Waals surface area (Å²) in [4.78, 5) is 58.2. The van der Waals surface area contributed by atoms with Crippen LogP contribution >= 0.6 is 23.5 Å². The summed E-state index contributed by atoms with van der Waals surface area (Å²) in [5.74, 6) is -2.63. The summed E-state index contributed by atoms with van der Waals surface area (Å²) in [5, 5.41) is 21.3. The molecule has 9 N–H and O–H groups in total. The Morgan fingerprint density at radius 3 is 2.47 bits per heavy atom. The van der Waals surface area contributed by atoms with Gasteiger partial charge in [-0.3, -0.25) is 18.9 Å². The molecule has 3 heterocycles. The number of nitrogens with zero attached hydrogens (tertiary/aromatic N) is 3. The van der Waals surface area contributed by atoms with Crippen molar-refractivity contribution in [2.45, 2.75) is 37.6 Å². The zero-order chi connectivity index (χ0) is 27.1. The lowest BCUT2D eigenvalue weighted by molar-refractivity contribution is -0.313. The van der Waals surface area contributed by atoms with Crippen molar-refractivity contribution in [1.82, 2.24) is 19.5 Å². The number of aromatic amines is 1. The highest BCUT2D eigenvalue weighted by molar-refractivity contribution is 7.66. The molecule has 1 saturated heterocycles. The normalized spacial score (nSPS) is 28.2. The van der Waals surface area contributed by atoms with E-state index in [0.717, 1.165) is 10.9 Å². The van der Waals surface area contributed by atoms with Crippen molar-refractivity contribution in [3.8, 4) is 0 Å². The maximum Gasteiger partial charge on any atom is 0.490 e. The van der Waals surface area contributed by atoms with Crippen LogP contribution in [0.5, 0.6) is 0 Å². The number of rotatable bonds is 11. The van der Waals surface area contributed by atoms with E-state index < -0.39 is 59.9 Å². The van der Waals surface area contributed by atoms with Crippen LogP contribution in [0.1, 0.15) is 13.3 Å². The van der Waals surface area contributed by atoms with Gasteiger partial charge < -0.3 is 45.0 Å². The molecule has 2 aromatic rings. The van der Waals surface area contributed by atoms with Crippen molar-refractivity contribution in [1.29, 1.82) is 0 Å². The van der Waals surface area contributed by atoms with Gasteiger partial charge >= 0.3 is 23.5 Å². The molecule has 20 nitrogen and oxygen atoms in total. The lowest BCUT2D eigenvalue weighted by atomic mass is 10.1. The molecule has 0 amide bonds. The number of hydrogen-bond acceptors (Lipinski definition) is 14. The maximum atomic E-state index is 12.1. The zero-order valence-electron chi connectivity index (χ0n) is 18.0. The molecule has 0 spiro atoms. The Balaban J connectivity index is 1.88. The third kappa shape index (κ3) is 6.27. The van der Waals surface area contributed by atoms with Gasteiger partial charge in [-0.2, -0.15) is 13.6 Å². The number of phosphoric acid groups is 3. The minimum absolute atomic E-state index is 0.0787. The summed E-state index contributed by atoms with van der Waals surface area (Å²) in [5.41, 5.74) is 4.39. The second-order valence-corrected chi connectivity index (χ2v) is 11.6. The van der Waals surface area contributed by atoms with Crippen LogP contribution in [-0.4, -0.2) is 80.8 Å². The quantitative estimate of drug-likeness (QED) is 0.136. The van der Waals surface area contributed by atoms with Gasteiger partial charge in [-0.1, -0.05) is 6.92 Å². The lowest BCUT2D eigenvalue weighted by Crippen LogP contribution is -2.48. The van der Waals surface area contributed by atoms with Gasteiger partial charge in [0.05, 0.1) is 13.2 Å². The molecule has 36 heavy (non-hydrogen) atoms. The van der Waals surface area contributed by atoms with Crippen LogP contribution in [-0.2, 0) is 42.2 Å². The number of H-pyrrole nitrogens is 1. The first-order valence-corrected chi connectivity index (χ1v) is 14.2. The number of nitrogens with one attached hydrogen (secondary N) is 1. The maximum absolute atomic E-state index is 12.1. The molecular weight excluding hydrogens is 559 g/mol. The Morgan fingerprint density at radius 2 is 1.86 bits per heavy atom. The fourth-order valence-corrected chi connectivity index (χ4v) is 6.20. The average Bonchev–Trinajstić information content (AvgIpc) is 3.23. The molecule has 3 rings (SSSR count). The van der Waals surface area contributed by atoms with E-state index in [1.807, 2.05) is 0 Å². The van der Waals surface area contributed by atoms with Gasteiger partial charge in [-0.05, 0) is 6.42 Å². The minimum atomic E-state index is -5.78. The number of anilines is 1. The fraction of sp³-hybridized carbons (Fsp3) is 0.615. The van der Waals surface area contributed by atoms with E-state index in [1.54, 1.807) is 6.92 Å². The number of fused-ring (bicyclic) bond motifs is 1. The molecule has 0 bridgehead atoms. The van der Waals surface area contributed by atoms with Crippen molar-refractivity contribution in [2.24, 2.45) is 0 Å². The van der Waals surface area contributed by atoms with Gasteiger partial charge in [0.25, 0.3) is 11.5 Å². The van der Waals surface area contributed by atoms with Crippen LogP contribution < -0.4 is 11.3 Å². The van der Waals surface area contributed by atoms with Crippen LogP contribution in [0.2, 0.25) is 0 Å². The van der Waals surface area contributed by atoms with E-state index in [-0.39, 0.29) is 23.7 Å². The summed E-state index contributed by atoms with van der Waals surface area (Å²) < 4.78 is 58.1. The molecule has 1 fully saturated rings. The molecule has 0 radical (unpaired) electrons. The van der Waals surface area contributed by atoms with Crippen LogP contribution in [0.15, 0.2) is 11.1 Å². The van der Waals surface area contributed by atoms with Crippen molar-refractivity contribution in [3.05, 3.63) is 16.7 Å². The standard InChI is InChI=1S/C13H22N5O15P3/c1-2-3-29-13(18-5-15-7-10(18)16-12(14)17-11(7)21)9(20)8(19)6(31-13)4-30-35(25,26)33-36(27,28)32-34(22,23)24/h5-6,8-9,19-20H,2-4H2,1H3,(H,25,26)(H,27,28)(H2,22,23,24)(H3,14,16,17,21)/t6-,8-,9-,13-/m1/s1. The number of hydrogen-bond donors (Lipinski definition) is 8. The smallest absolute Gasteiger partial charge is 0.387 e. The zero-order valence-corrected chi connectivity index (χ0v) is 20.7. The first-order valence-electron chi connectivity index (χ1n) is 9.70. The number of phosphoric ester groups is 1. The number of aromatic nitrogens is 4. The molecule has 23 heteroatoms. The molecule has 1 aliphatic heterocycles. The Bertz CT molecular complexity index is 1310. The predicted octanol–water partition coefficient (Wildman–Crippen LogP) is -1.80. The Kier molecular flexibility index (Phi) is 8.27. The molecule has 2 unspecified atom stereocenters. The number of ether oxygens (including phenoxy) is 2. The number of imidazole rings is 1. The van der Waals surface area contributed by atoms with Crippen molar-refractivity contribution in [2.75, 3.05) is 18.9 Å². The molecule has 1 aliphatic rings. The van der Waals surface area contributed by atoms with E-state index in [4.69, 9.17) is 25.0 Å². The van der Waals surface area contributed by atoms with Gasteiger partial charge in [0.15, 0.2) is 17.3 Å². The largest absolute Gasteiger partial charge is 0.490 e. The van der Waals surface area contributed by atoms with E-state index in [0.29, 0.717) is 6.42 Å². The molecule has 0 aromatic carbocycles. The number of aliphatic hydroxyl groups is 2. The molecule has 6 atom stereocenters. The fourth-order valence-electron chi connectivity index (χ4n) is 3.17. The highest BCUT2D eigenvalue weighted by Crippen LogP contribution is 2.66. The molecule has 0 aliphatic carbocycles. The van der Waals surface area contributed by atoms with Gasteiger partial charge in [0.1, 0.15) is 18.5 Å². The summed E-state index contributed by atoms with van der Waals surface area (Å²) >= 11 is 0. The number of aliphatic hydroxyl groups excluding tert-OH is 2. The molecule has 204 valence electrons. The lowest BCUT2D eigenvalue weighted by Gasteiger charge is -2.33. The van der Waals surface area contributed by atoms with E-state index >= 15 is 0 Å². The molecule has 0 saturated carbocycles. The topological polar surface area (TPSA) is 308 Å². The second-order valence-electron chi connectivity index (χ2n) is 7.20. The van der Waals surface area contributed by atoms with Gasteiger partial charge in [-0.15, -0.1) is 0 Å². The predicted molar refractivity (Wildman–Crippen MR) is 113 cm³/mol. The summed E-state index contributed by atoms with van der Waals surface area (Å²) in [6, 6.07) is 0. The summed E-state index contributed by atoms with van der Waals surface area (Å²) in [6.07, 6.45) is -4.14. The highest BCUT2D eigenvalue weighted by Gasteiger charge is 2.58. The van der Waals surface area contributed by atoms with Crippen LogP contribution in [0.3, 0.4) is 0 Å². The Morgan fingerprint density at radius 1 is 1.19 bits per heavy atom. The van der Waals surface area contributed by atoms with E-state index in [1.165, 1.54) is 0 Å². The van der Waals surface area contributed by atoms with Crippen molar-refractivity contribution >= 4 is 40.6 Å². The van der Waals surface area contributed by atoms with E-state index in [2.05, 4.69) is 28.1 Å². The summed E-state index contributed by atoms with van der Waals surface area (Å²) in [6.45, 7) is 0.526.